The van der Waals surface area contributed by atoms with Crippen LogP contribution in [0.25, 0.3) is 0 Å². The van der Waals surface area contributed by atoms with E-state index in [-0.39, 0.29) is 0 Å². The van der Waals surface area contributed by atoms with Crippen LogP contribution in [-0.2, 0) is 4.74 Å². The van der Waals surface area contributed by atoms with Gasteiger partial charge in [0.1, 0.15) is 0 Å². The monoisotopic (exact) mass is 213 g/mol. The van der Waals surface area contributed by atoms with E-state index in [9.17, 15) is 0 Å². The highest BCUT2D eigenvalue weighted by Crippen LogP contribution is 2.31. The summed E-state index contributed by atoms with van der Waals surface area (Å²) in [4.78, 5) is 0. The smallest absolute Gasteiger partial charge is 0.0519 e. The molecule has 0 radical (unpaired) electrons. The molecule has 2 nitrogen and oxygen atoms in total. The Morgan fingerprint density at radius 1 is 1.13 bits per heavy atom. The zero-order chi connectivity index (χ0) is 11.3. The van der Waals surface area contributed by atoms with Crippen molar-refractivity contribution in [2.45, 2.75) is 59.1 Å². The van der Waals surface area contributed by atoms with Crippen LogP contribution < -0.4 is 5.32 Å². The highest BCUT2D eigenvalue weighted by atomic mass is 16.5. The lowest BCUT2D eigenvalue weighted by atomic mass is 9.96. The molecule has 2 atom stereocenters. The van der Waals surface area contributed by atoms with Crippen LogP contribution in [0.4, 0.5) is 0 Å². The lowest BCUT2D eigenvalue weighted by Crippen LogP contribution is -2.32. The van der Waals surface area contributed by atoms with E-state index in [1.54, 1.807) is 0 Å². The van der Waals surface area contributed by atoms with E-state index >= 15 is 0 Å². The van der Waals surface area contributed by atoms with E-state index in [1.807, 2.05) is 0 Å². The summed E-state index contributed by atoms with van der Waals surface area (Å²) < 4.78 is 5.74. The van der Waals surface area contributed by atoms with Crippen LogP contribution in [-0.4, -0.2) is 25.3 Å². The van der Waals surface area contributed by atoms with Gasteiger partial charge in [0.15, 0.2) is 0 Å². The molecule has 0 spiro atoms. The van der Waals surface area contributed by atoms with Crippen LogP contribution in [0.15, 0.2) is 0 Å². The van der Waals surface area contributed by atoms with Crippen LogP contribution in [0, 0.1) is 11.8 Å². The Morgan fingerprint density at radius 2 is 1.80 bits per heavy atom. The molecule has 0 bridgehead atoms. The third-order valence-corrected chi connectivity index (χ3v) is 3.25. The number of hydrogen-bond acceptors (Lipinski definition) is 2. The molecule has 0 aromatic carbocycles. The first-order valence-corrected chi connectivity index (χ1v) is 6.44. The molecule has 1 N–H and O–H groups in total. The van der Waals surface area contributed by atoms with Crippen molar-refractivity contribution in [3.8, 4) is 0 Å². The molecular weight excluding hydrogens is 186 g/mol. The van der Waals surface area contributed by atoms with Gasteiger partial charge in [-0.15, -0.1) is 0 Å². The van der Waals surface area contributed by atoms with Crippen molar-refractivity contribution in [3.05, 3.63) is 0 Å². The fourth-order valence-corrected chi connectivity index (χ4v) is 2.30. The van der Waals surface area contributed by atoms with E-state index in [2.05, 4.69) is 33.0 Å². The molecule has 1 aliphatic carbocycles. The molecule has 2 heteroatoms. The Bertz CT molecular complexity index is 150. The molecule has 1 saturated carbocycles. The van der Waals surface area contributed by atoms with Gasteiger partial charge in [-0.3, -0.25) is 0 Å². The summed E-state index contributed by atoms with van der Waals surface area (Å²) in [6.45, 7) is 10.8. The fraction of sp³-hybridized carbons (Fsp3) is 1.00. The van der Waals surface area contributed by atoms with Gasteiger partial charge in [-0.1, -0.05) is 20.3 Å². The highest BCUT2D eigenvalue weighted by Gasteiger charge is 2.27. The Morgan fingerprint density at radius 3 is 2.40 bits per heavy atom. The van der Waals surface area contributed by atoms with Crippen molar-refractivity contribution < 1.29 is 4.74 Å². The van der Waals surface area contributed by atoms with Gasteiger partial charge in [-0.25, -0.2) is 0 Å². The van der Waals surface area contributed by atoms with Crippen molar-refractivity contribution in [3.63, 3.8) is 0 Å². The lowest BCUT2D eigenvalue weighted by Gasteiger charge is -2.22. The van der Waals surface area contributed by atoms with Crippen LogP contribution in [0.2, 0.25) is 0 Å². The molecule has 0 saturated heterocycles. The van der Waals surface area contributed by atoms with Gasteiger partial charge in [0.25, 0.3) is 0 Å². The first kappa shape index (κ1) is 13.0. The topological polar surface area (TPSA) is 21.3 Å². The SMILES string of the molecule is CC(C)NCC1CCCC1COC(C)C. The highest BCUT2D eigenvalue weighted by molar-refractivity contribution is 4.79. The maximum absolute atomic E-state index is 5.74. The third-order valence-electron chi connectivity index (χ3n) is 3.25. The second-order valence-corrected chi connectivity index (χ2v) is 5.40. The van der Waals surface area contributed by atoms with Crippen molar-refractivity contribution in [2.75, 3.05) is 13.2 Å². The predicted octanol–water partition coefficient (Wildman–Crippen LogP) is 2.83. The van der Waals surface area contributed by atoms with Crippen LogP contribution in [0.5, 0.6) is 0 Å². The Kier molecular flexibility index (Phi) is 5.62. The third kappa shape index (κ3) is 4.98. The molecule has 90 valence electrons. The summed E-state index contributed by atoms with van der Waals surface area (Å²) in [6, 6.07) is 0.609. The molecule has 0 amide bonds. The van der Waals surface area contributed by atoms with Crippen LogP contribution in [0.1, 0.15) is 47.0 Å². The largest absolute Gasteiger partial charge is 0.378 e. The second-order valence-electron chi connectivity index (χ2n) is 5.40. The molecule has 0 aromatic rings. The van der Waals surface area contributed by atoms with Gasteiger partial charge in [0.05, 0.1) is 12.7 Å². The van der Waals surface area contributed by atoms with Gasteiger partial charge in [0.2, 0.25) is 0 Å². The second kappa shape index (κ2) is 6.49. The van der Waals surface area contributed by atoms with Crippen molar-refractivity contribution in [1.82, 2.24) is 5.32 Å². The zero-order valence-electron chi connectivity index (χ0n) is 10.8. The maximum atomic E-state index is 5.74. The molecule has 1 fully saturated rings. The molecule has 0 aliphatic heterocycles. The normalized spacial score (nSPS) is 26.8. The van der Waals surface area contributed by atoms with Crippen LogP contribution >= 0.6 is 0 Å². The van der Waals surface area contributed by atoms with Gasteiger partial charge >= 0.3 is 0 Å². The minimum absolute atomic E-state index is 0.379. The molecule has 0 heterocycles. The predicted molar refractivity (Wildman–Crippen MR) is 65.1 cm³/mol. The number of ether oxygens (including phenoxy) is 1. The van der Waals surface area contributed by atoms with Crippen LogP contribution in [0.3, 0.4) is 0 Å². The standard InChI is InChI=1S/C13H27NO/c1-10(2)14-8-12-6-5-7-13(12)9-15-11(3)4/h10-14H,5-9H2,1-4H3. The summed E-state index contributed by atoms with van der Waals surface area (Å²) in [6.07, 6.45) is 4.50. The molecule has 15 heavy (non-hydrogen) atoms. The van der Waals surface area contributed by atoms with Gasteiger partial charge in [-0.05, 0) is 45.1 Å². The summed E-state index contributed by atoms with van der Waals surface area (Å²) in [7, 11) is 0. The Labute approximate surface area is 94.8 Å². The Hall–Kier alpha value is -0.0800. The summed E-state index contributed by atoms with van der Waals surface area (Å²) >= 11 is 0. The van der Waals surface area contributed by atoms with E-state index in [0.717, 1.165) is 18.4 Å². The number of nitrogens with one attached hydrogen (secondary N) is 1. The molecule has 0 aromatic heterocycles. The number of rotatable bonds is 6. The molecule has 2 unspecified atom stereocenters. The first-order valence-electron chi connectivity index (χ1n) is 6.44. The molecule has 1 rings (SSSR count). The summed E-state index contributed by atoms with van der Waals surface area (Å²) in [5.74, 6) is 1.63. The average molecular weight is 213 g/mol. The van der Waals surface area contributed by atoms with E-state index in [0.29, 0.717) is 12.1 Å². The first-order chi connectivity index (χ1) is 7.09. The Balaban J connectivity index is 2.23. The van der Waals surface area contributed by atoms with Gasteiger partial charge in [0, 0.05) is 6.04 Å². The van der Waals surface area contributed by atoms with E-state index < -0.39 is 0 Å². The van der Waals surface area contributed by atoms with Gasteiger partial charge in [-0.2, -0.15) is 0 Å². The zero-order valence-corrected chi connectivity index (χ0v) is 10.8. The van der Waals surface area contributed by atoms with Crippen molar-refractivity contribution in [1.29, 1.82) is 0 Å². The molecule has 1 aliphatic rings. The minimum Gasteiger partial charge on any atom is -0.378 e. The summed E-state index contributed by atoms with van der Waals surface area (Å²) in [5, 5.41) is 3.55. The summed E-state index contributed by atoms with van der Waals surface area (Å²) in [5.41, 5.74) is 0. The van der Waals surface area contributed by atoms with Crippen molar-refractivity contribution >= 4 is 0 Å². The average Bonchev–Trinajstić information content (AvgIpc) is 2.58. The van der Waals surface area contributed by atoms with E-state index in [1.165, 1.54) is 25.8 Å². The van der Waals surface area contributed by atoms with Crippen molar-refractivity contribution in [2.24, 2.45) is 11.8 Å². The number of hydrogen-bond donors (Lipinski definition) is 1. The minimum atomic E-state index is 0.379. The van der Waals surface area contributed by atoms with E-state index in [4.69, 9.17) is 4.74 Å². The molecular formula is C13H27NO. The quantitative estimate of drug-likeness (QED) is 0.732. The lowest BCUT2D eigenvalue weighted by molar-refractivity contribution is 0.0410. The van der Waals surface area contributed by atoms with Gasteiger partial charge < -0.3 is 10.1 Å². The maximum Gasteiger partial charge on any atom is 0.0519 e. The fourth-order valence-electron chi connectivity index (χ4n) is 2.30.